The van der Waals surface area contributed by atoms with Gasteiger partial charge in [0.05, 0.1) is 0 Å². The first-order valence-electron chi connectivity index (χ1n) is 5.03. The molecule has 0 aliphatic heterocycles. The second-order valence-corrected chi connectivity index (χ2v) is 3.83. The molecule has 0 unspecified atom stereocenters. The third-order valence-electron chi connectivity index (χ3n) is 2.05. The maximum Gasteiger partial charge on any atom is 0.330 e. The van der Waals surface area contributed by atoms with Crippen LogP contribution in [0.4, 0.5) is 17.6 Å². The van der Waals surface area contributed by atoms with E-state index in [0.717, 1.165) is 0 Å². The first-order valence-corrected chi connectivity index (χ1v) is 5.03. The predicted molar refractivity (Wildman–Crippen MR) is 50.8 cm³/mol. The summed E-state index contributed by atoms with van der Waals surface area (Å²) in [7, 11) is 0. The van der Waals surface area contributed by atoms with Gasteiger partial charge in [-0.25, -0.2) is 8.78 Å². The van der Waals surface area contributed by atoms with Crippen molar-refractivity contribution in [3.63, 3.8) is 0 Å². The minimum Gasteiger partial charge on any atom is -0.364 e. The minimum atomic E-state index is -4.20. The van der Waals surface area contributed by atoms with E-state index in [0.29, 0.717) is 0 Å². The van der Waals surface area contributed by atoms with Gasteiger partial charge in [-0.1, -0.05) is 20.8 Å². The third-order valence-corrected chi connectivity index (χ3v) is 2.05. The molecule has 0 saturated carbocycles. The Morgan fingerprint density at radius 3 is 2.12 bits per heavy atom. The van der Waals surface area contributed by atoms with Crippen LogP contribution in [0.15, 0.2) is 0 Å². The number of rotatable bonds is 7. The molecular formula is C10H16F4O2. The fourth-order valence-corrected chi connectivity index (χ4v) is 1.05. The summed E-state index contributed by atoms with van der Waals surface area (Å²) < 4.78 is 53.2. The molecule has 96 valence electrons. The molecule has 6 heteroatoms. The summed E-state index contributed by atoms with van der Waals surface area (Å²) in [5.74, 6) is -4.93. The lowest BCUT2D eigenvalue weighted by molar-refractivity contribution is -0.180. The van der Waals surface area contributed by atoms with E-state index in [1.54, 1.807) is 20.8 Å². The maximum atomic E-state index is 12.5. The van der Waals surface area contributed by atoms with Gasteiger partial charge in [-0.3, -0.25) is 4.79 Å². The standard InChI is InChI=1S/C10H16F4O2/c1-4-7(8(15)6(2)3)16-5-10(13,14)9(11)12/h6-7,9H,4-5H2,1-3H3/t7-/m1/s1. The number of halogens is 4. The summed E-state index contributed by atoms with van der Waals surface area (Å²) in [4.78, 5) is 11.4. The Bertz CT molecular complexity index is 229. The van der Waals surface area contributed by atoms with Gasteiger partial charge in [0.25, 0.3) is 0 Å². The van der Waals surface area contributed by atoms with E-state index < -0.39 is 25.1 Å². The molecule has 0 radical (unpaired) electrons. The molecule has 0 aliphatic carbocycles. The lowest BCUT2D eigenvalue weighted by Gasteiger charge is -2.21. The number of carbonyl (C=O) groups is 1. The second kappa shape index (κ2) is 6.18. The van der Waals surface area contributed by atoms with Crippen LogP contribution in [0, 0.1) is 5.92 Å². The van der Waals surface area contributed by atoms with Gasteiger partial charge < -0.3 is 4.74 Å². The van der Waals surface area contributed by atoms with Crippen molar-refractivity contribution < 1.29 is 27.1 Å². The van der Waals surface area contributed by atoms with E-state index in [2.05, 4.69) is 4.74 Å². The Labute approximate surface area is 92.0 Å². The molecule has 0 aromatic carbocycles. The van der Waals surface area contributed by atoms with Gasteiger partial charge in [0.1, 0.15) is 12.7 Å². The first-order chi connectivity index (χ1) is 7.22. The molecule has 0 saturated heterocycles. The Morgan fingerprint density at radius 2 is 1.81 bits per heavy atom. The van der Waals surface area contributed by atoms with Gasteiger partial charge in [0, 0.05) is 5.92 Å². The number of ether oxygens (including phenoxy) is 1. The molecule has 2 nitrogen and oxygen atoms in total. The van der Waals surface area contributed by atoms with Crippen molar-refractivity contribution in [3.05, 3.63) is 0 Å². The topological polar surface area (TPSA) is 26.3 Å². The molecule has 0 aliphatic rings. The van der Waals surface area contributed by atoms with Crippen LogP contribution in [0.5, 0.6) is 0 Å². The maximum absolute atomic E-state index is 12.5. The van der Waals surface area contributed by atoms with Gasteiger partial charge >= 0.3 is 12.3 Å². The van der Waals surface area contributed by atoms with Crippen molar-refractivity contribution in [2.24, 2.45) is 5.92 Å². The quantitative estimate of drug-likeness (QED) is 0.644. The Hall–Kier alpha value is -0.650. The highest BCUT2D eigenvalue weighted by Gasteiger charge is 2.42. The van der Waals surface area contributed by atoms with E-state index in [1.165, 1.54) is 0 Å². The Morgan fingerprint density at radius 1 is 1.31 bits per heavy atom. The summed E-state index contributed by atoms with van der Waals surface area (Å²) in [5.41, 5.74) is 0. The average molecular weight is 244 g/mol. The van der Waals surface area contributed by atoms with Crippen LogP contribution in [-0.2, 0) is 9.53 Å². The van der Waals surface area contributed by atoms with Crippen LogP contribution in [0.2, 0.25) is 0 Å². The van der Waals surface area contributed by atoms with Gasteiger partial charge in [0.15, 0.2) is 5.78 Å². The zero-order valence-electron chi connectivity index (χ0n) is 9.47. The summed E-state index contributed by atoms with van der Waals surface area (Å²) in [6.07, 6.45) is -4.63. The van der Waals surface area contributed by atoms with Crippen LogP contribution in [-0.4, -0.2) is 30.8 Å². The van der Waals surface area contributed by atoms with Gasteiger partial charge in [-0.15, -0.1) is 0 Å². The van der Waals surface area contributed by atoms with Crippen molar-refractivity contribution in [2.45, 2.75) is 45.6 Å². The molecule has 0 bridgehead atoms. The first kappa shape index (κ1) is 15.3. The zero-order valence-corrected chi connectivity index (χ0v) is 9.47. The largest absolute Gasteiger partial charge is 0.364 e. The highest BCUT2D eigenvalue weighted by molar-refractivity contribution is 5.84. The van der Waals surface area contributed by atoms with Crippen LogP contribution in [0.1, 0.15) is 27.2 Å². The van der Waals surface area contributed by atoms with Gasteiger partial charge in [-0.05, 0) is 6.42 Å². The molecular weight excluding hydrogens is 228 g/mol. The third kappa shape index (κ3) is 4.47. The van der Waals surface area contributed by atoms with Crippen LogP contribution in [0.3, 0.4) is 0 Å². The van der Waals surface area contributed by atoms with Crippen molar-refractivity contribution in [2.75, 3.05) is 6.61 Å². The second-order valence-electron chi connectivity index (χ2n) is 3.83. The molecule has 0 rings (SSSR count). The normalized spacial score (nSPS) is 14.6. The fourth-order valence-electron chi connectivity index (χ4n) is 1.05. The summed E-state index contributed by atoms with van der Waals surface area (Å²) >= 11 is 0. The summed E-state index contributed by atoms with van der Waals surface area (Å²) in [6.45, 7) is 3.34. The number of alkyl halides is 4. The zero-order chi connectivity index (χ0) is 12.9. The molecule has 16 heavy (non-hydrogen) atoms. The number of hydrogen-bond donors (Lipinski definition) is 0. The fraction of sp³-hybridized carbons (Fsp3) is 0.900. The van der Waals surface area contributed by atoms with Crippen LogP contribution >= 0.6 is 0 Å². The van der Waals surface area contributed by atoms with Crippen molar-refractivity contribution >= 4 is 5.78 Å². The van der Waals surface area contributed by atoms with Crippen molar-refractivity contribution in [3.8, 4) is 0 Å². The molecule has 0 aromatic heterocycles. The van der Waals surface area contributed by atoms with Crippen molar-refractivity contribution in [1.29, 1.82) is 0 Å². The van der Waals surface area contributed by atoms with E-state index in [4.69, 9.17) is 0 Å². The highest BCUT2D eigenvalue weighted by Crippen LogP contribution is 2.24. The molecule has 0 fully saturated rings. The van der Waals surface area contributed by atoms with E-state index in [1.807, 2.05) is 0 Å². The monoisotopic (exact) mass is 244 g/mol. The lowest BCUT2D eigenvalue weighted by atomic mass is 10.0. The predicted octanol–water partition coefficient (Wildman–Crippen LogP) is 2.91. The van der Waals surface area contributed by atoms with Crippen LogP contribution < -0.4 is 0 Å². The number of Topliss-reactive ketones (excluding diaryl/α,β-unsaturated/α-hetero) is 1. The molecule has 1 atom stereocenters. The smallest absolute Gasteiger partial charge is 0.330 e. The SMILES string of the molecule is CC[C@@H](OCC(F)(F)C(F)F)C(=O)C(C)C. The van der Waals surface area contributed by atoms with E-state index in [-0.39, 0.29) is 18.1 Å². The summed E-state index contributed by atoms with van der Waals surface area (Å²) in [5, 5.41) is 0. The van der Waals surface area contributed by atoms with E-state index >= 15 is 0 Å². The number of carbonyl (C=O) groups excluding carboxylic acids is 1. The molecule has 0 spiro atoms. The molecule has 0 heterocycles. The Kier molecular flexibility index (Phi) is 5.92. The summed E-state index contributed by atoms with van der Waals surface area (Å²) in [6, 6.07) is 0. The van der Waals surface area contributed by atoms with Gasteiger partial charge in [-0.2, -0.15) is 8.78 Å². The van der Waals surface area contributed by atoms with E-state index in [9.17, 15) is 22.4 Å². The average Bonchev–Trinajstić information content (AvgIpc) is 2.17. The molecule has 0 amide bonds. The highest BCUT2D eigenvalue weighted by atomic mass is 19.3. The lowest BCUT2D eigenvalue weighted by Crippen LogP contribution is -2.37. The molecule has 0 N–H and O–H groups in total. The molecule has 0 aromatic rings. The van der Waals surface area contributed by atoms with Crippen LogP contribution in [0.25, 0.3) is 0 Å². The Balaban J connectivity index is 4.31. The minimum absolute atomic E-state index is 0.191. The number of hydrogen-bond acceptors (Lipinski definition) is 2. The van der Waals surface area contributed by atoms with Gasteiger partial charge in [0.2, 0.25) is 0 Å². The van der Waals surface area contributed by atoms with Crippen molar-refractivity contribution in [1.82, 2.24) is 0 Å². The number of ketones is 1.